The number of carboxylic acid groups (broad SMARTS) is 1. The van der Waals surface area contributed by atoms with Gasteiger partial charge in [0.25, 0.3) is 5.91 Å². The van der Waals surface area contributed by atoms with E-state index in [1.165, 1.54) is 0 Å². The summed E-state index contributed by atoms with van der Waals surface area (Å²) in [4.78, 5) is 37.3. The maximum atomic E-state index is 12.6. The van der Waals surface area contributed by atoms with Crippen LogP contribution in [-0.4, -0.2) is 57.5 Å². The van der Waals surface area contributed by atoms with Gasteiger partial charge in [-0.05, 0) is 39.0 Å². The van der Waals surface area contributed by atoms with Crippen molar-refractivity contribution in [3.8, 4) is 11.1 Å². The number of fused-ring (bicyclic) bond motifs is 3. The molecule has 1 unspecified atom stereocenters. The Balaban J connectivity index is 1.27. The monoisotopic (exact) mass is 434 g/mol. The van der Waals surface area contributed by atoms with Crippen molar-refractivity contribution in [1.82, 2.24) is 15.2 Å². The molecule has 2 aliphatic rings. The molecule has 10 heteroatoms. The first-order valence-electron chi connectivity index (χ1n) is 10.0. The molecule has 1 aliphatic heterocycles. The van der Waals surface area contributed by atoms with Gasteiger partial charge in [0.05, 0.1) is 0 Å². The zero-order valence-electron chi connectivity index (χ0n) is 16.7. The van der Waals surface area contributed by atoms with Gasteiger partial charge >= 0.3 is 12.1 Å². The lowest BCUT2D eigenvalue weighted by Crippen LogP contribution is -2.55. The summed E-state index contributed by atoms with van der Waals surface area (Å²) >= 11 is 0. The summed E-state index contributed by atoms with van der Waals surface area (Å²) in [5.74, 6) is -2.13. The lowest BCUT2D eigenvalue weighted by molar-refractivity contribution is -0.146. The minimum atomic E-state index is -1.10. The van der Waals surface area contributed by atoms with Crippen LogP contribution in [0.3, 0.4) is 0 Å². The summed E-state index contributed by atoms with van der Waals surface area (Å²) in [7, 11) is 0. The molecular weight excluding hydrogens is 416 g/mol. The van der Waals surface area contributed by atoms with Crippen LogP contribution >= 0.6 is 0 Å². The molecule has 1 saturated heterocycles. The highest BCUT2D eigenvalue weighted by molar-refractivity contribution is 6.01. The number of rotatable bonds is 5. The van der Waals surface area contributed by atoms with Crippen molar-refractivity contribution in [3.05, 3.63) is 65.4 Å². The van der Waals surface area contributed by atoms with Gasteiger partial charge in [0.2, 0.25) is 11.5 Å². The quantitative estimate of drug-likeness (QED) is 0.626. The Bertz CT molecular complexity index is 1180. The molecule has 5 rings (SSSR count). The molecule has 0 saturated carbocycles. The lowest BCUT2D eigenvalue weighted by Gasteiger charge is -2.37. The predicted octanol–water partition coefficient (Wildman–Crippen LogP) is 2.73. The third-order valence-electron chi connectivity index (χ3n) is 5.82. The van der Waals surface area contributed by atoms with Crippen LogP contribution in [0.5, 0.6) is 0 Å². The van der Waals surface area contributed by atoms with Gasteiger partial charge in [-0.15, -0.1) is 0 Å². The summed E-state index contributed by atoms with van der Waals surface area (Å²) in [6.07, 6.45) is -0.475. The van der Waals surface area contributed by atoms with Gasteiger partial charge in [-0.25, -0.2) is 14.2 Å². The molecule has 1 fully saturated rings. The highest BCUT2D eigenvalue weighted by Crippen LogP contribution is 2.44. The number of carboxylic acids is 1. The van der Waals surface area contributed by atoms with E-state index < -0.39 is 24.0 Å². The van der Waals surface area contributed by atoms with E-state index in [1.54, 1.807) is 0 Å². The van der Waals surface area contributed by atoms with Crippen molar-refractivity contribution < 1.29 is 28.9 Å². The Morgan fingerprint density at radius 2 is 1.72 bits per heavy atom. The molecule has 2 aromatic carbocycles. The van der Waals surface area contributed by atoms with Gasteiger partial charge in [-0.2, -0.15) is 0 Å². The first-order chi connectivity index (χ1) is 15.5. The minimum Gasteiger partial charge on any atom is -0.480 e. The molecule has 2 amide bonds. The van der Waals surface area contributed by atoms with Crippen LogP contribution in [0, 0.1) is 0 Å². The highest BCUT2D eigenvalue weighted by atomic mass is 16.6. The second-order valence-electron chi connectivity index (χ2n) is 7.55. The fourth-order valence-electron chi connectivity index (χ4n) is 4.17. The van der Waals surface area contributed by atoms with Gasteiger partial charge in [0, 0.05) is 12.5 Å². The van der Waals surface area contributed by atoms with E-state index in [2.05, 4.69) is 20.3 Å². The summed E-state index contributed by atoms with van der Waals surface area (Å²) < 4.78 is 10.0. The number of likely N-dealkylation sites (tertiary alicyclic amines) is 1. The third kappa shape index (κ3) is 3.25. The molecule has 0 radical (unpaired) electrons. The normalized spacial score (nSPS) is 16.6. The number of nitrogens with zero attached hydrogens (tertiary/aromatic N) is 3. The van der Waals surface area contributed by atoms with Crippen LogP contribution in [0.2, 0.25) is 0 Å². The SMILES string of the molecule is O=C(Nc1nonc1C(=O)N1CCC1C(=O)O)OCC1c2ccccc2-c2ccccc21. The molecule has 32 heavy (non-hydrogen) atoms. The topological polar surface area (TPSA) is 135 Å². The molecule has 1 aliphatic carbocycles. The van der Waals surface area contributed by atoms with Gasteiger partial charge in [-0.3, -0.25) is 10.1 Å². The molecule has 0 spiro atoms. The van der Waals surface area contributed by atoms with Crippen LogP contribution in [0.25, 0.3) is 11.1 Å². The van der Waals surface area contributed by atoms with E-state index in [9.17, 15) is 14.4 Å². The number of ether oxygens (including phenoxy) is 1. The van der Waals surface area contributed by atoms with Crippen molar-refractivity contribution in [2.24, 2.45) is 0 Å². The van der Waals surface area contributed by atoms with Crippen molar-refractivity contribution in [3.63, 3.8) is 0 Å². The minimum absolute atomic E-state index is 0.0850. The van der Waals surface area contributed by atoms with E-state index in [4.69, 9.17) is 9.84 Å². The zero-order chi connectivity index (χ0) is 22.2. The predicted molar refractivity (Wildman–Crippen MR) is 110 cm³/mol. The largest absolute Gasteiger partial charge is 0.480 e. The number of amides is 2. The van der Waals surface area contributed by atoms with E-state index in [-0.39, 0.29) is 30.6 Å². The molecular formula is C22H18N4O6. The van der Waals surface area contributed by atoms with Gasteiger partial charge in [0.15, 0.2) is 0 Å². The van der Waals surface area contributed by atoms with Crippen molar-refractivity contribution in [2.75, 3.05) is 18.5 Å². The Labute approximate surface area is 181 Å². The molecule has 162 valence electrons. The molecule has 1 atom stereocenters. The van der Waals surface area contributed by atoms with Gasteiger partial charge < -0.3 is 14.7 Å². The number of hydrogen-bond donors (Lipinski definition) is 2. The van der Waals surface area contributed by atoms with E-state index in [0.717, 1.165) is 27.2 Å². The summed E-state index contributed by atoms with van der Waals surface area (Å²) in [6.45, 7) is 0.356. The van der Waals surface area contributed by atoms with Crippen LogP contribution < -0.4 is 5.32 Å². The molecule has 2 heterocycles. The number of carbonyl (C=O) groups is 3. The third-order valence-corrected chi connectivity index (χ3v) is 5.82. The van der Waals surface area contributed by atoms with Crippen LogP contribution in [0.15, 0.2) is 53.2 Å². The first-order valence-corrected chi connectivity index (χ1v) is 10.0. The van der Waals surface area contributed by atoms with Gasteiger partial charge in [0.1, 0.15) is 12.6 Å². The maximum Gasteiger partial charge on any atom is 0.412 e. The van der Waals surface area contributed by atoms with Crippen molar-refractivity contribution in [2.45, 2.75) is 18.4 Å². The van der Waals surface area contributed by atoms with Crippen molar-refractivity contribution >= 4 is 23.8 Å². The number of aliphatic carboxylic acids is 1. The Hall–Kier alpha value is -4.21. The maximum absolute atomic E-state index is 12.6. The highest BCUT2D eigenvalue weighted by Gasteiger charge is 2.40. The van der Waals surface area contributed by atoms with Crippen LogP contribution in [0.4, 0.5) is 10.6 Å². The van der Waals surface area contributed by atoms with E-state index in [1.807, 2.05) is 48.5 Å². The number of hydrogen-bond acceptors (Lipinski definition) is 7. The second kappa shape index (κ2) is 7.80. The van der Waals surface area contributed by atoms with E-state index in [0.29, 0.717) is 6.42 Å². The number of benzene rings is 2. The molecule has 10 nitrogen and oxygen atoms in total. The average molecular weight is 434 g/mol. The standard InChI is InChI=1S/C22H18N4O6/c27-20(26-10-9-17(26)21(28)29)18-19(25-32-24-18)23-22(30)31-11-16-14-7-3-1-5-12(14)13-6-2-4-8-15(13)16/h1-8,16-17H,9-11H2,(H,28,29)(H,23,25,30). The zero-order valence-corrected chi connectivity index (χ0v) is 16.7. The van der Waals surface area contributed by atoms with Crippen molar-refractivity contribution in [1.29, 1.82) is 0 Å². The molecule has 2 N–H and O–H groups in total. The number of anilines is 1. The van der Waals surface area contributed by atoms with Crippen LogP contribution in [-0.2, 0) is 9.53 Å². The Kier molecular flexibility index (Phi) is 4.81. The first kappa shape index (κ1) is 19.7. The average Bonchev–Trinajstić information content (AvgIpc) is 3.33. The van der Waals surface area contributed by atoms with Crippen LogP contribution in [0.1, 0.15) is 34.0 Å². The van der Waals surface area contributed by atoms with Gasteiger partial charge in [-0.1, -0.05) is 48.5 Å². The smallest absolute Gasteiger partial charge is 0.412 e. The Morgan fingerprint density at radius 3 is 2.31 bits per heavy atom. The molecule has 3 aromatic rings. The fraction of sp³-hybridized carbons (Fsp3) is 0.227. The molecule has 1 aromatic heterocycles. The summed E-state index contributed by atoms with van der Waals surface area (Å²) in [5, 5.41) is 18.6. The lowest BCUT2D eigenvalue weighted by atomic mass is 9.98. The number of aromatic nitrogens is 2. The Morgan fingerprint density at radius 1 is 1.06 bits per heavy atom. The molecule has 0 bridgehead atoms. The van der Waals surface area contributed by atoms with E-state index >= 15 is 0 Å². The summed E-state index contributed by atoms with van der Waals surface area (Å²) in [5.41, 5.74) is 4.07. The number of nitrogens with one attached hydrogen (secondary N) is 1. The number of carbonyl (C=O) groups excluding carboxylic acids is 2. The fourth-order valence-corrected chi connectivity index (χ4v) is 4.17. The summed E-state index contributed by atoms with van der Waals surface area (Å²) in [6, 6.07) is 15.0. The second-order valence-corrected chi connectivity index (χ2v) is 7.55.